The van der Waals surface area contributed by atoms with E-state index in [-0.39, 0.29) is 50.2 Å². The van der Waals surface area contributed by atoms with E-state index in [2.05, 4.69) is 45.0 Å². The lowest BCUT2D eigenvalue weighted by Crippen LogP contribution is -2.57. The second-order valence-electron chi connectivity index (χ2n) is 20.0. The summed E-state index contributed by atoms with van der Waals surface area (Å²) in [7, 11) is 0. The maximum atomic E-state index is 15.3. The summed E-state index contributed by atoms with van der Waals surface area (Å²) in [5.74, 6) is -0.628. The Morgan fingerprint density at radius 3 is 2.34 bits per heavy atom. The van der Waals surface area contributed by atoms with Crippen molar-refractivity contribution in [1.82, 2.24) is 40.6 Å². The molecule has 4 N–H and O–H groups in total. The highest BCUT2D eigenvalue weighted by atomic mass is 35.5. The number of β-amino-alcohol motifs (C(OH)–C–C–N with tert-alkyl or cyclic N) is 1. The van der Waals surface area contributed by atoms with Gasteiger partial charge in [-0.05, 0) is 106 Å². The zero-order chi connectivity index (χ0) is 52.5. The molecule has 0 aliphatic carbocycles. The van der Waals surface area contributed by atoms with Crippen molar-refractivity contribution in [2.24, 2.45) is 10.4 Å². The van der Waals surface area contributed by atoms with Gasteiger partial charge in [-0.2, -0.15) is 0 Å². The number of ether oxygens (including phenoxy) is 1. The van der Waals surface area contributed by atoms with Crippen LogP contribution in [0, 0.1) is 38.9 Å². The summed E-state index contributed by atoms with van der Waals surface area (Å²) in [4.78, 5) is 68.4. The zero-order valence-electron chi connectivity index (χ0n) is 42.4. The number of carbonyl (C=O) groups excluding carboxylic acids is 4. The SMILES string of the molecule is Cc1ncsc1-c1ccc([C@H](C)NC(=O)[C@@H]2C[C@@H](O)CN2C(=O)C(NC(=O)CCc2cc(OC(C)CNC(=O)C[C@@H]3N=C(c4ccc(Cl)cc4)c4c(sc(C)c4C)-n4c(C)nnc43)ccc2F)C(C)(C)C)cc1. The largest absolute Gasteiger partial charge is 0.489 e. The average molecular weight is 1050 g/mol. The lowest BCUT2D eigenvalue weighted by Gasteiger charge is -2.35. The highest BCUT2D eigenvalue weighted by Crippen LogP contribution is 2.40. The fraction of sp³-hybridized carbons (Fsp3) is 0.407. The standard InChI is InChI=1S/C54H61ClFN9O6S2/c1-28(25-57-45(68)24-42-50-63-62-33(6)65(50)53-46(29(2)32(5)73-53)47(60-42)35-14-17-38(55)18-15-35)71-40-19-20-41(56)37(22-40)16-21-44(67)61-49(54(7,8)9)52(70)64-26-39(66)23-43(64)51(69)59-30(3)34-10-12-36(13-11-34)48-31(4)58-27-72-48/h10-15,17-20,22,27-28,30,39,42-43,49,66H,16,21,23-26H2,1-9H3,(H,57,68)(H,59,69)(H,61,67)/t28?,30-,39+,42-,43-,49?/m0/s1. The first-order valence-corrected chi connectivity index (χ1v) is 26.4. The minimum atomic E-state index is -1.05. The fourth-order valence-electron chi connectivity index (χ4n) is 9.22. The number of thiazole rings is 1. The zero-order valence-corrected chi connectivity index (χ0v) is 44.8. The van der Waals surface area contributed by atoms with Gasteiger partial charge < -0.3 is 30.7 Å². The number of aliphatic hydroxyl groups is 1. The predicted molar refractivity (Wildman–Crippen MR) is 282 cm³/mol. The minimum absolute atomic E-state index is 0.00310. The number of nitrogens with zero attached hydrogens (tertiary/aromatic N) is 6. The number of likely N-dealkylation sites (tertiary alicyclic amines) is 1. The smallest absolute Gasteiger partial charge is 0.246 e. The normalized spacial score (nSPS) is 17.7. The number of aromatic nitrogens is 4. The third-order valence-corrected chi connectivity index (χ3v) is 15.8. The quantitative estimate of drug-likeness (QED) is 0.0735. The van der Waals surface area contributed by atoms with Crippen LogP contribution in [0.15, 0.2) is 77.2 Å². The van der Waals surface area contributed by atoms with Crippen LogP contribution in [-0.4, -0.2) is 96.5 Å². The lowest BCUT2D eigenvalue weighted by atomic mass is 9.85. The molecule has 0 radical (unpaired) electrons. The molecule has 2 unspecified atom stereocenters. The fourth-order valence-corrected chi connectivity index (χ4v) is 11.4. The third kappa shape index (κ3) is 11.9. The molecule has 3 aromatic heterocycles. The van der Waals surface area contributed by atoms with E-state index >= 15 is 4.39 Å². The van der Waals surface area contributed by atoms with E-state index in [0.29, 0.717) is 22.4 Å². The molecule has 5 heterocycles. The van der Waals surface area contributed by atoms with Gasteiger partial charge in [0.15, 0.2) is 5.82 Å². The second kappa shape index (κ2) is 22.0. The molecule has 384 valence electrons. The summed E-state index contributed by atoms with van der Waals surface area (Å²) in [6, 6.07) is 16.6. The summed E-state index contributed by atoms with van der Waals surface area (Å²) in [5, 5.41) is 30.0. The van der Waals surface area contributed by atoms with Gasteiger partial charge in [-0.1, -0.05) is 68.8 Å². The van der Waals surface area contributed by atoms with E-state index in [1.807, 2.05) is 73.9 Å². The first-order chi connectivity index (χ1) is 34.7. The molecule has 15 nitrogen and oxygen atoms in total. The molecular weight excluding hydrogens is 989 g/mol. The van der Waals surface area contributed by atoms with Crippen LogP contribution in [0.2, 0.25) is 5.02 Å². The van der Waals surface area contributed by atoms with Crippen LogP contribution in [0.4, 0.5) is 4.39 Å². The lowest BCUT2D eigenvalue weighted by molar-refractivity contribution is -0.144. The van der Waals surface area contributed by atoms with E-state index < -0.39 is 65.3 Å². The first kappa shape index (κ1) is 53.0. The van der Waals surface area contributed by atoms with E-state index in [0.717, 1.165) is 54.0 Å². The summed E-state index contributed by atoms with van der Waals surface area (Å²) < 4.78 is 23.4. The highest BCUT2D eigenvalue weighted by molar-refractivity contribution is 7.15. The van der Waals surface area contributed by atoms with Gasteiger partial charge in [0.05, 0.1) is 46.9 Å². The Labute approximate surface area is 437 Å². The maximum Gasteiger partial charge on any atom is 0.246 e. The number of hydrogen-bond acceptors (Lipinski definition) is 12. The molecule has 6 atom stereocenters. The van der Waals surface area contributed by atoms with Gasteiger partial charge >= 0.3 is 0 Å². The molecule has 3 aromatic carbocycles. The number of halogens is 2. The minimum Gasteiger partial charge on any atom is -0.489 e. The summed E-state index contributed by atoms with van der Waals surface area (Å²) in [6.07, 6.45) is -1.58. The predicted octanol–water partition coefficient (Wildman–Crippen LogP) is 8.65. The highest BCUT2D eigenvalue weighted by Gasteiger charge is 2.45. The molecule has 73 heavy (non-hydrogen) atoms. The van der Waals surface area contributed by atoms with Crippen molar-refractivity contribution >= 4 is 63.6 Å². The molecule has 2 aliphatic heterocycles. The molecule has 6 aromatic rings. The van der Waals surface area contributed by atoms with E-state index in [9.17, 15) is 24.3 Å². The van der Waals surface area contributed by atoms with Crippen LogP contribution in [0.25, 0.3) is 15.4 Å². The Hall–Kier alpha value is -6.34. The Morgan fingerprint density at radius 1 is 0.945 bits per heavy atom. The van der Waals surface area contributed by atoms with Crippen molar-refractivity contribution in [3.63, 3.8) is 0 Å². The number of fused-ring (bicyclic) bond motifs is 3. The van der Waals surface area contributed by atoms with Gasteiger partial charge in [0.2, 0.25) is 23.6 Å². The molecule has 19 heteroatoms. The number of aliphatic hydroxyl groups excluding tert-OH is 1. The summed E-state index contributed by atoms with van der Waals surface area (Å²) in [6.45, 7) is 17.1. The monoisotopic (exact) mass is 1050 g/mol. The van der Waals surface area contributed by atoms with Crippen LogP contribution >= 0.6 is 34.3 Å². The van der Waals surface area contributed by atoms with Crippen LogP contribution in [0.1, 0.15) is 116 Å². The van der Waals surface area contributed by atoms with Crippen molar-refractivity contribution < 1.29 is 33.4 Å². The molecule has 0 spiro atoms. The number of nitrogens with one attached hydrogen (secondary N) is 3. The molecule has 2 aliphatic rings. The van der Waals surface area contributed by atoms with Crippen molar-refractivity contribution in [2.45, 2.75) is 124 Å². The first-order valence-electron chi connectivity index (χ1n) is 24.3. The van der Waals surface area contributed by atoms with E-state index in [4.69, 9.17) is 21.3 Å². The number of aliphatic imine (C=N–C) groups is 1. The molecule has 8 rings (SSSR count). The topological polar surface area (TPSA) is 193 Å². The molecule has 4 amide bonds. The third-order valence-electron chi connectivity index (χ3n) is 13.4. The van der Waals surface area contributed by atoms with Crippen LogP contribution in [0.3, 0.4) is 0 Å². The van der Waals surface area contributed by atoms with Gasteiger partial charge in [-0.25, -0.2) is 9.37 Å². The number of amides is 4. The van der Waals surface area contributed by atoms with Gasteiger partial charge in [-0.15, -0.1) is 32.9 Å². The summed E-state index contributed by atoms with van der Waals surface area (Å²) >= 11 is 9.45. The number of thiophene rings is 1. The number of benzene rings is 3. The van der Waals surface area contributed by atoms with E-state index in [1.54, 1.807) is 55.9 Å². The van der Waals surface area contributed by atoms with Gasteiger partial charge in [0, 0.05) is 40.4 Å². The Balaban J connectivity index is 0.862. The van der Waals surface area contributed by atoms with Crippen molar-refractivity contribution in [3.8, 4) is 21.2 Å². The van der Waals surface area contributed by atoms with Crippen LogP contribution in [0.5, 0.6) is 5.75 Å². The summed E-state index contributed by atoms with van der Waals surface area (Å²) in [5.41, 5.74) is 7.74. The Bertz CT molecular complexity index is 3060. The second-order valence-corrected chi connectivity index (χ2v) is 22.5. The number of hydrogen-bond donors (Lipinski definition) is 4. The number of carbonyl (C=O) groups is 4. The maximum absolute atomic E-state index is 15.3. The van der Waals surface area contributed by atoms with Crippen molar-refractivity contribution in [2.75, 3.05) is 13.1 Å². The molecule has 1 fully saturated rings. The van der Waals surface area contributed by atoms with Crippen molar-refractivity contribution in [3.05, 3.63) is 133 Å². The van der Waals surface area contributed by atoms with Crippen molar-refractivity contribution in [1.29, 1.82) is 0 Å². The van der Waals surface area contributed by atoms with E-state index in [1.165, 1.54) is 23.1 Å². The molecule has 1 saturated heterocycles. The average Bonchev–Trinajstić information content (AvgIpc) is 4.12. The van der Waals surface area contributed by atoms with Crippen LogP contribution in [-0.2, 0) is 25.6 Å². The molecular formula is C54H61ClFN9O6S2. The number of aryl methyl sites for hydroxylation is 4. The van der Waals surface area contributed by atoms with Gasteiger partial charge in [0.1, 0.15) is 46.6 Å². The molecule has 0 bridgehead atoms. The number of rotatable bonds is 16. The molecule has 0 saturated carbocycles. The Kier molecular flexibility index (Phi) is 16.0. The van der Waals surface area contributed by atoms with Gasteiger partial charge in [0.25, 0.3) is 0 Å². The Morgan fingerprint density at radius 2 is 1.66 bits per heavy atom. The van der Waals surface area contributed by atoms with Gasteiger partial charge in [-0.3, -0.25) is 28.7 Å². The van der Waals surface area contributed by atoms with Crippen LogP contribution < -0.4 is 20.7 Å².